The number of aromatic nitrogens is 2. The maximum Gasteiger partial charge on any atom is 0.221 e. The maximum absolute atomic E-state index is 10.9. The van der Waals surface area contributed by atoms with E-state index in [1.54, 1.807) is 6.20 Å². The Kier molecular flexibility index (Phi) is 2.69. The maximum atomic E-state index is 10.9. The number of amides is 1. The molecule has 1 atom stereocenters. The Morgan fingerprint density at radius 3 is 3.21 bits per heavy atom. The Morgan fingerprint density at radius 1 is 1.64 bits per heavy atom. The number of carbonyl (C=O) groups is 1. The van der Waals surface area contributed by atoms with Crippen LogP contribution in [0.5, 0.6) is 0 Å². The molecule has 1 amide bonds. The Hall–Kier alpha value is -1.49. The molecule has 0 saturated carbocycles. The van der Waals surface area contributed by atoms with Crippen LogP contribution < -0.4 is 10.6 Å². The Morgan fingerprint density at radius 2 is 2.57 bits per heavy atom. The van der Waals surface area contributed by atoms with Gasteiger partial charge in [0.2, 0.25) is 5.91 Å². The lowest BCUT2D eigenvalue weighted by atomic mass is 10.2. The number of carbonyl (C=O) groups excluding carboxylic acids is 1. The van der Waals surface area contributed by atoms with Crippen molar-refractivity contribution in [1.82, 2.24) is 20.6 Å². The molecule has 1 aliphatic rings. The van der Waals surface area contributed by atoms with Crippen LogP contribution in [0.25, 0.3) is 0 Å². The molecule has 0 aliphatic carbocycles. The van der Waals surface area contributed by atoms with Crippen LogP contribution in [-0.2, 0) is 11.3 Å². The van der Waals surface area contributed by atoms with Gasteiger partial charge >= 0.3 is 0 Å². The van der Waals surface area contributed by atoms with Gasteiger partial charge < -0.3 is 10.6 Å². The molecule has 5 heteroatoms. The van der Waals surface area contributed by atoms with E-state index in [-0.39, 0.29) is 11.9 Å². The van der Waals surface area contributed by atoms with Crippen molar-refractivity contribution in [3.8, 4) is 0 Å². The fourth-order valence-electron chi connectivity index (χ4n) is 1.42. The van der Waals surface area contributed by atoms with Crippen molar-refractivity contribution >= 4 is 5.91 Å². The lowest BCUT2D eigenvalue weighted by Gasteiger charge is -2.08. The largest absolute Gasteiger partial charge is 0.354 e. The zero-order valence-electron chi connectivity index (χ0n) is 7.73. The predicted octanol–water partition coefficient (Wildman–Crippen LogP) is -0.545. The lowest BCUT2D eigenvalue weighted by molar-refractivity contribution is -0.119. The van der Waals surface area contributed by atoms with Crippen molar-refractivity contribution in [2.45, 2.75) is 19.0 Å². The summed E-state index contributed by atoms with van der Waals surface area (Å²) in [5.74, 6) is 0.116. The SMILES string of the molecule is O=C1CC(NCc2ccncn2)CN1. The summed E-state index contributed by atoms with van der Waals surface area (Å²) in [6, 6.07) is 2.09. The molecule has 1 unspecified atom stereocenters. The second kappa shape index (κ2) is 4.15. The number of nitrogens with zero attached hydrogens (tertiary/aromatic N) is 2. The highest BCUT2D eigenvalue weighted by molar-refractivity contribution is 5.78. The summed E-state index contributed by atoms with van der Waals surface area (Å²) in [4.78, 5) is 18.8. The van der Waals surface area contributed by atoms with E-state index in [1.807, 2.05) is 6.07 Å². The van der Waals surface area contributed by atoms with E-state index in [0.717, 1.165) is 5.69 Å². The normalized spacial score (nSPS) is 20.9. The second-order valence-electron chi connectivity index (χ2n) is 3.29. The monoisotopic (exact) mass is 192 g/mol. The molecule has 0 bridgehead atoms. The van der Waals surface area contributed by atoms with Crippen molar-refractivity contribution in [2.24, 2.45) is 0 Å². The van der Waals surface area contributed by atoms with E-state index in [9.17, 15) is 4.79 Å². The van der Waals surface area contributed by atoms with Gasteiger partial charge in [0.1, 0.15) is 6.33 Å². The Balaban J connectivity index is 1.80. The van der Waals surface area contributed by atoms with Gasteiger partial charge in [-0.1, -0.05) is 0 Å². The number of nitrogens with one attached hydrogen (secondary N) is 2. The summed E-state index contributed by atoms with van der Waals surface area (Å²) < 4.78 is 0. The summed E-state index contributed by atoms with van der Waals surface area (Å²) >= 11 is 0. The molecule has 0 spiro atoms. The van der Waals surface area contributed by atoms with E-state index < -0.39 is 0 Å². The summed E-state index contributed by atoms with van der Waals surface area (Å²) in [5, 5.41) is 6.03. The highest BCUT2D eigenvalue weighted by Crippen LogP contribution is 2.00. The van der Waals surface area contributed by atoms with Crippen LogP contribution in [0.4, 0.5) is 0 Å². The van der Waals surface area contributed by atoms with Crippen molar-refractivity contribution in [3.05, 3.63) is 24.3 Å². The minimum absolute atomic E-state index is 0.116. The molecule has 2 heterocycles. The first-order valence-corrected chi connectivity index (χ1v) is 4.59. The van der Waals surface area contributed by atoms with Gasteiger partial charge in [0.05, 0.1) is 5.69 Å². The smallest absolute Gasteiger partial charge is 0.221 e. The molecule has 2 N–H and O–H groups in total. The average molecular weight is 192 g/mol. The van der Waals surface area contributed by atoms with Crippen LogP contribution in [0.15, 0.2) is 18.6 Å². The predicted molar refractivity (Wildman–Crippen MR) is 50.3 cm³/mol. The standard InChI is InChI=1S/C9H12N4O/c14-9-3-8(5-12-9)11-4-7-1-2-10-6-13-7/h1-2,6,8,11H,3-5H2,(H,12,14). The van der Waals surface area contributed by atoms with Crippen LogP contribution in [-0.4, -0.2) is 28.5 Å². The van der Waals surface area contributed by atoms with E-state index >= 15 is 0 Å². The van der Waals surface area contributed by atoms with Crippen molar-refractivity contribution in [2.75, 3.05) is 6.54 Å². The van der Waals surface area contributed by atoms with E-state index in [4.69, 9.17) is 0 Å². The fourth-order valence-corrected chi connectivity index (χ4v) is 1.42. The topological polar surface area (TPSA) is 66.9 Å². The molecule has 2 rings (SSSR count). The lowest BCUT2D eigenvalue weighted by Crippen LogP contribution is -2.30. The quantitative estimate of drug-likeness (QED) is 0.674. The molecule has 5 nitrogen and oxygen atoms in total. The number of hydrogen-bond donors (Lipinski definition) is 2. The molecule has 1 aliphatic heterocycles. The van der Waals surface area contributed by atoms with Crippen LogP contribution in [0.1, 0.15) is 12.1 Å². The van der Waals surface area contributed by atoms with Crippen molar-refractivity contribution in [1.29, 1.82) is 0 Å². The van der Waals surface area contributed by atoms with Gasteiger partial charge in [-0.3, -0.25) is 4.79 Å². The summed E-state index contributed by atoms with van der Waals surface area (Å²) in [5.41, 5.74) is 0.944. The van der Waals surface area contributed by atoms with Gasteiger partial charge in [-0.05, 0) is 6.07 Å². The van der Waals surface area contributed by atoms with Gasteiger partial charge in [-0.25, -0.2) is 9.97 Å². The first-order chi connectivity index (χ1) is 6.84. The Labute approximate surface area is 82.0 Å². The zero-order valence-corrected chi connectivity index (χ0v) is 7.73. The molecule has 0 aromatic carbocycles. The van der Waals surface area contributed by atoms with Crippen LogP contribution in [0.2, 0.25) is 0 Å². The third-order valence-corrected chi connectivity index (χ3v) is 2.19. The number of hydrogen-bond acceptors (Lipinski definition) is 4. The summed E-state index contributed by atoms with van der Waals surface area (Å²) in [7, 11) is 0. The first-order valence-electron chi connectivity index (χ1n) is 4.59. The van der Waals surface area contributed by atoms with Crippen LogP contribution in [0, 0.1) is 0 Å². The van der Waals surface area contributed by atoms with Crippen LogP contribution in [0.3, 0.4) is 0 Å². The van der Waals surface area contributed by atoms with Gasteiger partial charge in [0.25, 0.3) is 0 Å². The molecular weight excluding hydrogens is 180 g/mol. The molecule has 1 aromatic rings. The van der Waals surface area contributed by atoms with Gasteiger partial charge in [0, 0.05) is 31.7 Å². The average Bonchev–Trinajstić information content (AvgIpc) is 2.63. The molecule has 1 saturated heterocycles. The summed E-state index contributed by atoms with van der Waals surface area (Å²) in [6.45, 7) is 1.39. The second-order valence-corrected chi connectivity index (χ2v) is 3.29. The van der Waals surface area contributed by atoms with E-state index in [1.165, 1.54) is 6.33 Å². The first kappa shape index (κ1) is 9.08. The van der Waals surface area contributed by atoms with Gasteiger partial charge in [0.15, 0.2) is 0 Å². The van der Waals surface area contributed by atoms with Crippen molar-refractivity contribution < 1.29 is 4.79 Å². The zero-order chi connectivity index (χ0) is 9.80. The number of rotatable bonds is 3. The molecule has 74 valence electrons. The van der Waals surface area contributed by atoms with Gasteiger partial charge in [-0.2, -0.15) is 0 Å². The third kappa shape index (κ3) is 2.26. The van der Waals surface area contributed by atoms with Gasteiger partial charge in [-0.15, -0.1) is 0 Å². The van der Waals surface area contributed by atoms with Crippen molar-refractivity contribution in [3.63, 3.8) is 0 Å². The third-order valence-electron chi connectivity index (χ3n) is 2.19. The molecule has 0 radical (unpaired) electrons. The molecular formula is C9H12N4O. The highest BCUT2D eigenvalue weighted by atomic mass is 16.1. The molecule has 1 aromatic heterocycles. The molecule has 14 heavy (non-hydrogen) atoms. The highest BCUT2D eigenvalue weighted by Gasteiger charge is 2.20. The minimum Gasteiger partial charge on any atom is -0.354 e. The summed E-state index contributed by atoms with van der Waals surface area (Å²) in [6.07, 6.45) is 3.79. The van der Waals surface area contributed by atoms with E-state index in [0.29, 0.717) is 19.5 Å². The minimum atomic E-state index is 0.116. The van der Waals surface area contributed by atoms with E-state index in [2.05, 4.69) is 20.6 Å². The molecule has 1 fully saturated rings. The fraction of sp³-hybridized carbons (Fsp3) is 0.444. The Bertz CT molecular complexity index is 314. The van der Waals surface area contributed by atoms with Crippen LogP contribution >= 0.6 is 0 Å².